The number of rotatable bonds is 2. The van der Waals surface area contributed by atoms with E-state index in [0.717, 1.165) is 19.5 Å². The standard InChI is InChI=1S/C10H18N2O2/c1-8-4-5-12(11-8)6-9-7-13-10(2,3)14-9/h9H,4-7H2,1-3H3/t9-/m1/s1. The van der Waals surface area contributed by atoms with Gasteiger partial charge in [0.1, 0.15) is 6.10 Å². The minimum absolute atomic E-state index is 0.166. The second-order valence-electron chi connectivity index (χ2n) is 4.45. The molecule has 1 saturated heterocycles. The van der Waals surface area contributed by atoms with Gasteiger partial charge in [-0.05, 0) is 20.8 Å². The molecule has 4 nitrogen and oxygen atoms in total. The maximum absolute atomic E-state index is 5.71. The van der Waals surface area contributed by atoms with Crippen LogP contribution in [0.4, 0.5) is 0 Å². The van der Waals surface area contributed by atoms with Crippen LogP contribution in [0.5, 0.6) is 0 Å². The van der Waals surface area contributed by atoms with Crippen LogP contribution in [0.3, 0.4) is 0 Å². The molecule has 0 bridgehead atoms. The van der Waals surface area contributed by atoms with Crippen molar-refractivity contribution in [2.75, 3.05) is 19.7 Å². The third kappa shape index (κ3) is 2.25. The highest BCUT2D eigenvalue weighted by Gasteiger charge is 2.33. The van der Waals surface area contributed by atoms with E-state index in [1.54, 1.807) is 0 Å². The summed E-state index contributed by atoms with van der Waals surface area (Å²) in [6.45, 7) is 8.51. The van der Waals surface area contributed by atoms with Gasteiger partial charge in [0, 0.05) is 18.7 Å². The van der Waals surface area contributed by atoms with Gasteiger partial charge in [-0.25, -0.2) is 0 Å². The van der Waals surface area contributed by atoms with Crippen molar-refractivity contribution in [1.29, 1.82) is 0 Å². The number of nitrogens with zero attached hydrogens (tertiary/aromatic N) is 2. The lowest BCUT2D eigenvalue weighted by molar-refractivity contribution is -0.140. The Hall–Kier alpha value is -0.610. The predicted molar refractivity (Wildman–Crippen MR) is 54.2 cm³/mol. The van der Waals surface area contributed by atoms with E-state index in [2.05, 4.69) is 17.0 Å². The van der Waals surface area contributed by atoms with Crippen LogP contribution >= 0.6 is 0 Å². The Morgan fingerprint density at radius 1 is 1.57 bits per heavy atom. The van der Waals surface area contributed by atoms with Crippen LogP contribution < -0.4 is 0 Å². The Balaban J connectivity index is 1.82. The fourth-order valence-corrected chi connectivity index (χ4v) is 1.85. The quantitative estimate of drug-likeness (QED) is 0.669. The molecule has 14 heavy (non-hydrogen) atoms. The molecule has 0 saturated carbocycles. The molecule has 0 N–H and O–H groups in total. The molecule has 0 aromatic heterocycles. The summed E-state index contributed by atoms with van der Waals surface area (Å²) >= 11 is 0. The minimum atomic E-state index is -0.414. The first-order valence-electron chi connectivity index (χ1n) is 5.16. The molecule has 2 aliphatic rings. The SMILES string of the molecule is CC1=NN(C[C@@H]2COC(C)(C)O2)CC1. The first-order valence-corrected chi connectivity index (χ1v) is 5.16. The summed E-state index contributed by atoms with van der Waals surface area (Å²) in [6.07, 6.45) is 1.25. The van der Waals surface area contributed by atoms with Crippen molar-refractivity contribution in [2.45, 2.75) is 39.1 Å². The van der Waals surface area contributed by atoms with Crippen molar-refractivity contribution in [3.63, 3.8) is 0 Å². The molecule has 1 fully saturated rings. The first kappa shape index (κ1) is 9.93. The van der Waals surface area contributed by atoms with Crippen LogP contribution in [0.2, 0.25) is 0 Å². The molecular weight excluding hydrogens is 180 g/mol. The molecule has 0 aromatic rings. The highest BCUT2D eigenvalue weighted by molar-refractivity contribution is 5.82. The summed E-state index contributed by atoms with van der Waals surface area (Å²) in [5.41, 5.74) is 1.21. The predicted octanol–water partition coefficient (Wildman–Crippen LogP) is 1.22. The molecule has 0 aromatic carbocycles. The van der Waals surface area contributed by atoms with Gasteiger partial charge in [-0.1, -0.05) is 0 Å². The van der Waals surface area contributed by atoms with Crippen molar-refractivity contribution in [3.05, 3.63) is 0 Å². The monoisotopic (exact) mass is 198 g/mol. The molecule has 0 radical (unpaired) electrons. The van der Waals surface area contributed by atoms with Crippen molar-refractivity contribution >= 4 is 5.71 Å². The van der Waals surface area contributed by atoms with E-state index in [0.29, 0.717) is 6.61 Å². The van der Waals surface area contributed by atoms with E-state index in [-0.39, 0.29) is 6.10 Å². The zero-order chi connectivity index (χ0) is 10.2. The Morgan fingerprint density at radius 2 is 2.36 bits per heavy atom. The second-order valence-corrected chi connectivity index (χ2v) is 4.45. The van der Waals surface area contributed by atoms with E-state index in [9.17, 15) is 0 Å². The molecule has 1 atom stereocenters. The fourth-order valence-electron chi connectivity index (χ4n) is 1.85. The maximum Gasteiger partial charge on any atom is 0.163 e. The average Bonchev–Trinajstić information content (AvgIpc) is 2.59. The summed E-state index contributed by atoms with van der Waals surface area (Å²) in [5, 5.41) is 6.49. The summed E-state index contributed by atoms with van der Waals surface area (Å²) in [5.74, 6) is -0.414. The molecule has 0 unspecified atom stereocenters. The maximum atomic E-state index is 5.71. The number of hydrazone groups is 1. The largest absolute Gasteiger partial charge is 0.348 e. The van der Waals surface area contributed by atoms with Crippen LogP contribution in [0.1, 0.15) is 27.2 Å². The van der Waals surface area contributed by atoms with Gasteiger partial charge < -0.3 is 9.47 Å². The van der Waals surface area contributed by atoms with Crippen molar-refractivity contribution in [1.82, 2.24) is 5.01 Å². The summed E-state index contributed by atoms with van der Waals surface area (Å²) in [4.78, 5) is 0. The first-order chi connectivity index (χ1) is 6.55. The van der Waals surface area contributed by atoms with Gasteiger partial charge in [0.2, 0.25) is 0 Å². The second kappa shape index (κ2) is 3.51. The number of hydrogen-bond donors (Lipinski definition) is 0. The van der Waals surface area contributed by atoms with Gasteiger partial charge in [-0.2, -0.15) is 5.10 Å². The molecule has 80 valence electrons. The van der Waals surface area contributed by atoms with Crippen LogP contribution in [0, 0.1) is 0 Å². The van der Waals surface area contributed by atoms with Crippen LogP contribution in [0.15, 0.2) is 5.10 Å². The van der Waals surface area contributed by atoms with E-state index in [1.165, 1.54) is 5.71 Å². The van der Waals surface area contributed by atoms with Crippen molar-refractivity contribution in [2.24, 2.45) is 5.10 Å². The van der Waals surface area contributed by atoms with Crippen LogP contribution in [-0.4, -0.2) is 42.3 Å². The van der Waals surface area contributed by atoms with Gasteiger partial charge in [0.15, 0.2) is 5.79 Å². The number of ether oxygens (including phenoxy) is 2. The molecule has 2 rings (SSSR count). The van der Waals surface area contributed by atoms with Crippen molar-refractivity contribution < 1.29 is 9.47 Å². The van der Waals surface area contributed by atoms with Gasteiger partial charge >= 0.3 is 0 Å². The molecule has 0 aliphatic carbocycles. The van der Waals surface area contributed by atoms with Gasteiger partial charge in [-0.3, -0.25) is 5.01 Å². The van der Waals surface area contributed by atoms with E-state index in [4.69, 9.17) is 9.47 Å². The summed E-state index contributed by atoms with van der Waals surface area (Å²) in [7, 11) is 0. The smallest absolute Gasteiger partial charge is 0.163 e. The zero-order valence-corrected chi connectivity index (χ0v) is 9.12. The average molecular weight is 198 g/mol. The van der Waals surface area contributed by atoms with Crippen LogP contribution in [-0.2, 0) is 9.47 Å². The third-order valence-corrected chi connectivity index (χ3v) is 2.53. The molecule has 4 heteroatoms. The van der Waals surface area contributed by atoms with Gasteiger partial charge in [0.05, 0.1) is 13.2 Å². The van der Waals surface area contributed by atoms with E-state index < -0.39 is 5.79 Å². The summed E-state index contributed by atoms with van der Waals surface area (Å²) in [6, 6.07) is 0. The summed E-state index contributed by atoms with van der Waals surface area (Å²) < 4.78 is 11.2. The fraction of sp³-hybridized carbons (Fsp3) is 0.900. The molecule has 0 amide bonds. The Labute approximate surface area is 84.9 Å². The lowest BCUT2D eigenvalue weighted by atomic mass is 10.3. The zero-order valence-electron chi connectivity index (χ0n) is 9.12. The normalized spacial score (nSPS) is 30.9. The topological polar surface area (TPSA) is 34.1 Å². The Kier molecular flexibility index (Phi) is 2.49. The molecule has 2 heterocycles. The lowest BCUT2D eigenvalue weighted by Crippen LogP contribution is -2.30. The molecule has 0 spiro atoms. The Bertz CT molecular complexity index is 251. The Morgan fingerprint density at radius 3 is 2.86 bits per heavy atom. The van der Waals surface area contributed by atoms with Gasteiger partial charge in [-0.15, -0.1) is 0 Å². The van der Waals surface area contributed by atoms with Gasteiger partial charge in [0.25, 0.3) is 0 Å². The van der Waals surface area contributed by atoms with E-state index in [1.807, 2.05) is 13.8 Å². The lowest BCUT2D eigenvalue weighted by Gasteiger charge is -2.20. The third-order valence-electron chi connectivity index (χ3n) is 2.53. The highest BCUT2D eigenvalue weighted by atomic mass is 16.7. The number of hydrogen-bond acceptors (Lipinski definition) is 4. The highest BCUT2D eigenvalue weighted by Crippen LogP contribution is 2.23. The minimum Gasteiger partial charge on any atom is -0.348 e. The van der Waals surface area contributed by atoms with E-state index >= 15 is 0 Å². The molecule has 2 aliphatic heterocycles. The molecular formula is C10H18N2O2. The van der Waals surface area contributed by atoms with Crippen molar-refractivity contribution in [3.8, 4) is 0 Å². The van der Waals surface area contributed by atoms with Crippen LogP contribution in [0.25, 0.3) is 0 Å².